The van der Waals surface area contributed by atoms with Crippen LogP contribution in [0.4, 0.5) is 0 Å². The van der Waals surface area contributed by atoms with Gasteiger partial charge in [0.05, 0.1) is 13.2 Å². The Kier molecular flexibility index (Phi) is 6.72. The normalized spacial score (nSPS) is 12.9. The van der Waals surface area contributed by atoms with E-state index in [1.165, 1.54) is 19.3 Å². The summed E-state index contributed by atoms with van der Waals surface area (Å²) in [6, 6.07) is -1.12. The lowest BCUT2D eigenvalue weighted by Crippen LogP contribution is -2.21. The molecule has 0 aliphatic rings. The summed E-state index contributed by atoms with van der Waals surface area (Å²) in [5, 5.41) is 0. The van der Waals surface area contributed by atoms with Crippen molar-refractivity contribution in [2.45, 2.75) is 31.8 Å². The van der Waals surface area contributed by atoms with Crippen molar-refractivity contribution >= 4 is 18.1 Å². The molecule has 6 heteroatoms. The molecule has 0 saturated carbocycles. The van der Waals surface area contributed by atoms with Crippen LogP contribution in [-0.2, 0) is 19.1 Å². The molecule has 2 atom stereocenters. The van der Waals surface area contributed by atoms with Crippen LogP contribution in [0.15, 0.2) is 9.98 Å². The van der Waals surface area contributed by atoms with E-state index in [1.807, 2.05) is 0 Å². The number of carbonyl (C=O) groups excluding carboxylic acids is 3. The fourth-order valence-electron chi connectivity index (χ4n) is 0.988. The fraction of sp³-hybridized carbons (Fsp3) is 0.667. The van der Waals surface area contributed by atoms with E-state index in [-0.39, 0.29) is 12.5 Å². The van der Waals surface area contributed by atoms with Gasteiger partial charge in [0.15, 0.2) is 6.04 Å². The molecule has 0 fully saturated rings. The van der Waals surface area contributed by atoms with Crippen molar-refractivity contribution in [1.82, 2.24) is 0 Å². The van der Waals surface area contributed by atoms with Crippen molar-refractivity contribution < 1.29 is 19.1 Å². The van der Waals surface area contributed by atoms with E-state index in [9.17, 15) is 14.4 Å². The summed E-state index contributed by atoms with van der Waals surface area (Å²) in [6.45, 7) is 1.70. The topological polar surface area (TPSA) is 85.2 Å². The van der Waals surface area contributed by atoms with Crippen molar-refractivity contribution in [3.63, 3.8) is 0 Å². The molecule has 0 aromatic carbocycles. The predicted octanol–water partition coefficient (Wildman–Crippen LogP) is 0.368. The molecule has 0 aliphatic heterocycles. The maximum absolute atomic E-state index is 11.1. The summed E-state index contributed by atoms with van der Waals surface area (Å²) in [5.41, 5.74) is 0. The fourth-order valence-corrected chi connectivity index (χ4v) is 0.988. The number of hydrogen-bond acceptors (Lipinski definition) is 6. The van der Waals surface area contributed by atoms with Crippen LogP contribution in [0.2, 0.25) is 0 Å². The molecule has 0 N–H and O–H groups in total. The Labute approximate surface area is 87.0 Å². The van der Waals surface area contributed by atoms with Crippen LogP contribution in [0.1, 0.15) is 19.8 Å². The Morgan fingerprint density at radius 3 is 2.33 bits per heavy atom. The zero-order valence-corrected chi connectivity index (χ0v) is 8.60. The molecule has 2 unspecified atom stereocenters. The van der Waals surface area contributed by atoms with Crippen LogP contribution in [0.3, 0.4) is 0 Å². The van der Waals surface area contributed by atoms with Gasteiger partial charge >= 0.3 is 5.97 Å². The number of methoxy groups -OCH3 is 1. The summed E-state index contributed by atoms with van der Waals surface area (Å²) >= 11 is 0. The van der Waals surface area contributed by atoms with Gasteiger partial charge in [0.2, 0.25) is 12.2 Å². The molecule has 0 heterocycles. The Balaban J connectivity index is 4.24. The van der Waals surface area contributed by atoms with Gasteiger partial charge in [-0.3, -0.25) is 0 Å². The number of esters is 1. The van der Waals surface area contributed by atoms with Gasteiger partial charge in [0.25, 0.3) is 0 Å². The Hall–Kier alpha value is -1.77. The smallest absolute Gasteiger partial charge is 0.331 e. The molecule has 0 rings (SSSR count). The molecule has 0 aromatic heterocycles. The zero-order chi connectivity index (χ0) is 11.7. The van der Waals surface area contributed by atoms with Crippen molar-refractivity contribution in [2.75, 3.05) is 7.11 Å². The molecule has 0 aromatic rings. The van der Waals surface area contributed by atoms with E-state index in [4.69, 9.17) is 0 Å². The van der Waals surface area contributed by atoms with E-state index in [2.05, 4.69) is 14.7 Å². The van der Waals surface area contributed by atoms with Crippen LogP contribution in [0.25, 0.3) is 0 Å². The molecule has 0 saturated heterocycles. The quantitative estimate of drug-likeness (QED) is 0.361. The molecular formula is C9H12N2O4. The van der Waals surface area contributed by atoms with Crippen LogP contribution in [0, 0.1) is 0 Å². The van der Waals surface area contributed by atoms with Gasteiger partial charge in [0, 0.05) is 0 Å². The van der Waals surface area contributed by atoms with E-state index < -0.39 is 12.0 Å². The van der Waals surface area contributed by atoms with Gasteiger partial charge in [-0.05, 0) is 19.8 Å². The monoisotopic (exact) mass is 212 g/mol. The highest BCUT2D eigenvalue weighted by atomic mass is 16.5. The van der Waals surface area contributed by atoms with Gasteiger partial charge in [-0.2, -0.15) is 4.99 Å². The molecule has 0 spiro atoms. The number of rotatable bonds is 6. The first-order chi connectivity index (χ1) is 7.15. The second kappa shape index (κ2) is 7.62. The third kappa shape index (κ3) is 5.52. The molecule has 15 heavy (non-hydrogen) atoms. The van der Waals surface area contributed by atoms with Gasteiger partial charge in [-0.15, -0.1) is 0 Å². The number of ether oxygens (including phenoxy) is 1. The number of hydrogen-bond donors (Lipinski definition) is 0. The van der Waals surface area contributed by atoms with Crippen LogP contribution >= 0.6 is 0 Å². The molecule has 0 amide bonds. The highest BCUT2D eigenvalue weighted by Crippen LogP contribution is 2.08. The van der Waals surface area contributed by atoms with Crippen molar-refractivity contribution in [3.05, 3.63) is 0 Å². The first kappa shape index (κ1) is 13.2. The van der Waals surface area contributed by atoms with Gasteiger partial charge in [-0.25, -0.2) is 19.4 Å². The lowest BCUT2D eigenvalue weighted by atomic mass is 10.1. The molecule has 0 bridgehead atoms. The predicted molar refractivity (Wildman–Crippen MR) is 50.7 cm³/mol. The molecule has 6 nitrogen and oxygen atoms in total. The summed E-state index contributed by atoms with van der Waals surface area (Å²) in [5.74, 6) is -0.597. The SMILES string of the molecule is COC(=O)C(CCC(C)N=C=O)N=C=O. The molecular weight excluding hydrogens is 200 g/mol. The summed E-state index contributed by atoms with van der Waals surface area (Å²) < 4.78 is 4.44. The standard InChI is InChI=1S/C9H12N2O4/c1-7(10-5-12)3-4-8(11-6-13)9(14)15-2/h7-8H,3-4H2,1-2H3. The summed E-state index contributed by atoms with van der Waals surface area (Å²) in [7, 11) is 1.21. The van der Waals surface area contributed by atoms with E-state index in [1.54, 1.807) is 6.92 Å². The number of aliphatic imine (C=N–C) groups is 2. The lowest BCUT2D eigenvalue weighted by Gasteiger charge is -2.08. The van der Waals surface area contributed by atoms with Crippen molar-refractivity contribution in [1.29, 1.82) is 0 Å². The van der Waals surface area contributed by atoms with Gasteiger partial charge in [0.1, 0.15) is 0 Å². The van der Waals surface area contributed by atoms with Crippen molar-refractivity contribution in [2.24, 2.45) is 9.98 Å². The third-order valence-corrected chi connectivity index (χ3v) is 1.81. The maximum atomic E-state index is 11.1. The molecule has 0 radical (unpaired) electrons. The van der Waals surface area contributed by atoms with E-state index >= 15 is 0 Å². The average molecular weight is 212 g/mol. The van der Waals surface area contributed by atoms with Crippen LogP contribution in [-0.4, -0.2) is 37.3 Å². The molecule has 82 valence electrons. The minimum atomic E-state index is -0.864. The van der Waals surface area contributed by atoms with Gasteiger partial charge < -0.3 is 4.74 Å². The maximum Gasteiger partial charge on any atom is 0.331 e. The Morgan fingerprint density at radius 2 is 1.87 bits per heavy atom. The summed E-state index contributed by atoms with van der Waals surface area (Å²) in [6.07, 6.45) is 3.45. The first-order valence-electron chi connectivity index (χ1n) is 4.37. The largest absolute Gasteiger partial charge is 0.467 e. The van der Waals surface area contributed by atoms with Crippen LogP contribution < -0.4 is 0 Å². The minimum Gasteiger partial charge on any atom is -0.467 e. The highest BCUT2D eigenvalue weighted by molar-refractivity contribution is 5.76. The van der Waals surface area contributed by atoms with E-state index in [0.29, 0.717) is 6.42 Å². The zero-order valence-electron chi connectivity index (χ0n) is 8.60. The Bertz CT molecular complexity index is 303. The third-order valence-electron chi connectivity index (χ3n) is 1.81. The van der Waals surface area contributed by atoms with Crippen LogP contribution in [0.5, 0.6) is 0 Å². The van der Waals surface area contributed by atoms with Crippen molar-refractivity contribution in [3.8, 4) is 0 Å². The summed E-state index contributed by atoms with van der Waals surface area (Å²) in [4.78, 5) is 37.7. The number of isocyanates is 2. The molecule has 0 aliphatic carbocycles. The number of nitrogens with zero attached hydrogens (tertiary/aromatic N) is 2. The Morgan fingerprint density at radius 1 is 1.27 bits per heavy atom. The second-order valence-corrected chi connectivity index (χ2v) is 2.91. The lowest BCUT2D eigenvalue weighted by molar-refractivity contribution is -0.142. The second-order valence-electron chi connectivity index (χ2n) is 2.91. The first-order valence-corrected chi connectivity index (χ1v) is 4.37. The highest BCUT2D eigenvalue weighted by Gasteiger charge is 2.18. The van der Waals surface area contributed by atoms with E-state index in [0.717, 1.165) is 0 Å². The average Bonchev–Trinajstić information content (AvgIpc) is 2.23. The minimum absolute atomic E-state index is 0.253. The number of carbonyl (C=O) groups is 1. The van der Waals surface area contributed by atoms with Gasteiger partial charge in [-0.1, -0.05) is 0 Å².